The monoisotopic (exact) mass is 277 g/mol. The van der Waals surface area contributed by atoms with Crippen LogP contribution in [0.5, 0.6) is 0 Å². The third kappa shape index (κ3) is 3.69. The third-order valence-electron chi connectivity index (χ3n) is 3.59. The lowest BCUT2D eigenvalue weighted by atomic mass is 10.1. The number of anilines is 1. The second kappa shape index (κ2) is 6.36. The Morgan fingerprint density at radius 3 is 2.75 bits per heavy atom. The van der Waals surface area contributed by atoms with Gasteiger partial charge < -0.3 is 15.3 Å². The van der Waals surface area contributed by atoms with E-state index in [-0.39, 0.29) is 11.6 Å². The van der Waals surface area contributed by atoms with E-state index in [9.17, 15) is 9.59 Å². The summed E-state index contributed by atoms with van der Waals surface area (Å²) in [5, 5.41) is 11.6. The number of carbonyl (C=O) groups is 2. The third-order valence-corrected chi connectivity index (χ3v) is 3.59. The Balaban J connectivity index is 1.92. The summed E-state index contributed by atoms with van der Waals surface area (Å²) >= 11 is 0. The van der Waals surface area contributed by atoms with Gasteiger partial charge in [0.15, 0.2) is 0 Å². The number of urea groups is 1. The van der Waals surface area contributed by atoms with Gasteiger partial charge in [-0.25, -0.2) is 9.59 Å². The van der Waals surface area contributed by atoms with Crippen molar-refractivity contribution < 1.29 is 14.7 Å². The fourth-order valence-corrected chi connectivity index (χ4v) is 2.51. The molecular weight excluding hydrogens is 258 g/mol. The maximum Gasteiger partial charge on any atom is 0.337 e. The van der Waals surface area contributed by atoms with E-state index < -0.39 is 5.97 Å². The highest BCUT2D eigenvalue weighted by Gasteiger charge is 2.19. The van der Waals surface area contributed by atoms with Gasteiger partial charge in [0.05, 0.1) is 17.4 Å². The lowest BCUT2D eigenvalue weighted by Gasteiger charge is -2.21. The van der Waals surface area contributed by atoms with Crippen LogP contribution in [0.25, 0.3) is 0 Å². The molecule has 2 rings (SSSR count). The zero-order chi connectivity index (χ0) is 14.5. The lowest BCUT2D eigenvalue weighted by molar-refractivity contribution is 0.0696. The molecule has 6 nitrogen and oxygen atoms in total. The molecule has 2 N–H and O–H groups in total. The molecule has 20 heavy (non-hydrogen) atoms. The van der Waals surface area contributed by atoms with E-state index in [0.717, 1.165) is 6.54 Å². The molecule has 1 aliphatic carbocycles. The van der Waals surface area contributed by atoms with Crippen LogP contribution in [0.2, 0.25) is 0 Å². The smallest absolute Gasteiger partial charge is 0.337 e. The van der Waals surface area contributed by atoms with Crippen LogP contribution >= 0.6 is 0 Å². The SMILES string of the molecule is CN(CC1CCCC1)C(=O)Nc1cncc(C(=O)O)c1. The van der Waals surface area contributed by atoms with Crippen molar-refractivity contribution in [1.82, 2.24) is 9.88 Å². The molecule has 1 heterocycles. The molecule has 0 radical (unpaired) electrons. The number of aromatic nitrogens is 1. The van der Waals surface area contributed by atoms with E-state index in [1.54, 1.807) is 11.9 Å². The van der Waals surface area contributed by atoms with E-state index in [0.29, 0.717) is 11.6 Å². The molecule has 0 aliphatic heterocycles. The summed E-state index contributed by atoms with van der Waals surface area (Å²) in [5.74, 6) is -0.484. The summed E-state index contributed by atoms with van der Waals surface area (Å²) in [6, 6.07) is 1.16. The molecule has 1 aliphatic rings. The fourth-order valence-electron chi connectivity index (χ4n) is 2.51. The van der Waals surface area contributed by atoms with E-state index in [2.05, 4.69) is 10.3 Å². The Hall–Kier alpha value is -2.11. The Bertz CT molecular complexity index is 498. The first-order valence-corrected chi connectivity index (χ1v) is 6.76. The van der Waals surface area contributed by atoms with E-state index >= 15 is 0 Å². The van der Waals surface area contributed by atoms with E-state index in [1.165, 1.54) is 44.1 Å². The highest BCUT2D eigenvalue weighted by molar-refractivity contribution is 5.92. The molecule has 2 amide bonds. The predicted molar refractivity (Wildman–Crippen MR) is 74.8 cm³/mol. The molecule has 0 atom stereocenters. The predicted octanol–water partition coefficient (Wildman–Crippen LogP) is 2.43. The van der Waals surface area contributed by atoms with Crippen LogP contribution in [0.3, 0.4) is 0 Å². The first kappa shape index (κ1) is 14.3. The Kier molecular flexibility index (Phi) is 4.55. The number of aromatic carboxylic acids is 1. The number of hydrogen-bond acceptors (Lipinski definition) is 3. The topological polar surface area (TPSA) is 82.5 Å². The fraction of sp³-hybridized carbons (Fsp3) is 0.500. The first-order valence-electron chi connectivity index (χ1n) is 6.76. The maximum absolute atomic E-state index is 12.0. The van der Waals surface area contributed by atoms with Gasteiger partial charge in [0.2, 0.25) is 0 Å². The van der Waals surface area contributed by atoms with E-state index in [1.807, 2.05) is 0 Å². The van der Waals surface area contributed by atoms with Crippen molar-refractivity contribution in [2.45, 2.75) is 25.7 Å². The molecule has 0 unspecified atom stereocenters. The quantitative estimate of drug-likeness (QED) is 0.885. The van der Waals surface area contributed by atoms with Crippen molar-refractivity contribution in [1.29, 1.82) is 0 Å². The van der Waals surface area contributed by atoms with Crippen molar-refractivity contribution in [3.63, 3.8) is 0 Å². The van der Waals surface area contributed by atoms with Crippen molar-refractivity contribution in [2.75, 3.05) is 18.9 Å². The van der Waals surface area contributed by atoms with Crippen LogP contribution in [-0.2, 0) is 0 Å². The number of carboxylic acids is 1. The number of pyridine rings is 1. The molecule has 1 saturated carbocycles. The summed E-state index contributed by atoms with van der Waals surface area (Å²) in [6.45, 7) is 0.734. The summed E-state index contributed by atoms with van der Waals surface area (Å²) < 4.78 is 0. The van der Waals surface area contributed by atoms with E-state index in [4.69, 9.17) is 5.11 Å². The molecule has 1 aromatic heterocycles. The van der Waals surface area contributed by atoms with Gasteiger partial charge in [0.25, 0.3) is 0 Å². The van der Waals surface area contributed by atoms with Gasteiger partial charge in [-0.1, -0.05) is 12.8 Å². The Morgan fingerprint density at radius 2 is 2.10 bits per heavy atom. The van der Waals surface area contributed by atoms with Crippen LogP contribution in [0.1, 0.15) is 36.0 Å². The molecule has 0 saturated heterocycles. The number of hydrogen-bond donors (Lipinski definition) is 2. The number of carbonyl (C=O) groups excluding carboxylic acids is 1. The van der Waals surface area contributed by atoms with Crippen molar-refractivity contribution in [3.05, 3.63) is 24.0 Å². The average Bonchev–Trinajstić information content (AvgIpc) is 2.91. The summed E-state index contributed by atoms with van der Waals surface area (Å²) in [5.41, 5.74) is 0.453. The number of nitrogens with one attached hydrogen (secondary N) is 1. The Labute approximate surface area is 117 Å². The van der Waals surface area contributed by atoms with Crippen molar-refractivity contribution in [2.24, 2.45) is 5.92 Å². The zero-order valence-electron chi connectivity index (χ0n) is 11.5. The highest BCUT2D eigenvalue weighted by Crippen LogP contribution is 2.25. The van der Waals surface area contributed by atoms with Crippen LogP contribution in [0.15, 0.2) is 18.5 Å². The van der Waals surface area contributed by atoms with Gasteiger partial charge >= 0.3 is 12.0 Å². The van der Waals surface area contributed by atoms with Gasteiger partial charge in [0, 0.05) is 19.8 Å². The number of carboxylic acid groups (broad SMARTS) is 1. The summed E-state index contributed by atoms with van der Waals surface area (Å²) in [7, 11) is 1.75. The largest absolute Gasteiger partial charge is 0.478 e. The molecule has 1 fully saturated rings. The molecule has 0 spiro atoms. The number of amides is 2. The van der Waals surface area contributed by atoms with Gasteiger partial charge in [-0.05, 0) is 24.8 Å². The normalized spacial score (nSPS) is 15.1. The Morgan fingerprint density at radius 1 is 1.40 bits per heavy atom. The standard InChI is InChI=1S/C14H19N3O3/c1-17(9-10-4-2-3-5-10)14(20)16-12-6-11(13(18)19)7-15-8-12/h6-8,10H,2-5,9H2,1H3,(H,16,20)(H,18,19). The molecule has 108 valence electrons. The second-order valence-electron chi connectivity index (χ2n) is 5.23. The highest BCUT2D eigenvalue weighted by atomic mass is 16.4. The molecule has 1 aromatic rings. The van der Waals surface area contributed by atoms with Gasteiger partial charge in [-0.2, -0.15) is 0 Å². The molecule has 0 aromatic carbocycles. The van der Waals surface area contributed by atoms with Crippen LogP contribution in [-0.4, -0.2) is 40.6 Å². The van der Waals surface area contributed by atoms with Gasteiger partial charge in [0.1, 0.15) is 0 Å². The number of rotatable bonds is 4. The first-order chi connectivity index (χ1) is 9.56. The summed E-state index contributed by atoms with van der Waals surface area (Å²) in [4.78, 5) is 28.3. The van der Waals surface area contributed by atoms with Crippen molar-refractivity contribution in [3.8, 4) is 0 Å². The lowest BCUT2D eigenvalue weighted by Crippen LogP contribution is -2.34. The minimum Gasteiger partial charge on any atom is -0.478 e. The minimum absolute atomic E-state index is 0.0567. The van der Waals surface area contributed by atoms with Crippen LogP contribution < -0.4 is 5.32 Å². The minimum atomic E-state index is -1.06. The maximum atomic E-state index is 12.0. The van der Waals surface area contributed by atoms with Crippen LogP contribution in [0.4, 0.5) is 10.5 Å². The van der Waals surface area contributed by atoms with Gasteiger partial charge in [-0.3, -0.25) is 4.98 Å². The van der Waals surface area contributed by atoms with Crippen LogP contribution in [0, 0.1) is 5.92 Å². The summed E-state index contributed by atoms with van der Waals surface area (Å²) in [6.07, 6.45) is 7.52. The molecule has 0 bridgehead atoms. The molecular formula is C14H19N3O3. The second-order valence-corrected chi connectivity index (χ2v) is 5.23. The zero-order valence-corrected chi connectivity index (χ0v) is 11.5. The molecule has 6 heteroatoms. The van der Waals surface area contributed by atoms with Crippen molar-refractivity contribution >= 4 is 17.7 Å². The van der Waals surface area contributed by atoms with Gasteiger partial charge in [-0.15, -0.1) is 0 Å². The number of nitrogens with zero attached hydrogens (tertiary/aromatic N) is 2. The average molecular weight is 277 g/mol.